The van der Waals surface area contributed by atoms with Crippen molar-refractivity contribution in [2.75, 3.05) is 26.7 Å². The number of likely N-dealkylation sites (tertiary alicyclic amines) is 1. The van der Waals surface area contributed by atoms with Crippen LogP contribution in [-0.2, 0) is 9.53 Å². The van der Waals surface area contributed by atoms with Crippen LogP contribution in [0.4, 0.5) is 0 Å². The van der Waals surface area contributed by atoms with Gasteiger partial charge in [-0.2, -0.15) is 0 Å². The van der Waals surface area contributed by atoms with Crippen molar-refractivity contribution in [3.8, 4) is 5.75 Å². The van der Waals surface area contributed by atoms with Gasteiger partial charge in [-0.05, 0) is 52.8 Å². The van der Waals surface area contributed by atoms with Gasteiger partial charge in [0.25, 0.3) is 5.91 Å². The van der Waals surface area contributed by atoms with Crippen molar-refractivity contribution in [1.29, 1.82) is 0 Å². The van der Waals surface area contributed by atoms with E-state index in [2.05, 4.69) is 0 Å². The smallest absolute Gasteiger partial charge is 0.320 e. The van der Waals surface area contributed by atoms with Gasteiger partial charge >= 0.3 is 5.97 Å². The molecule has 1 aromatic rings. The molecule has 138 valence electrons. The van der Waals surface area contributed by atoms with Gasteiger partial charge in [-0.3, -0.25) is 14.5 Å². The Morgan fingerprint density at radius 1 is 1.24 bits per heavy atom. The largest absolute Gasteiger partial charge is 0.507 e. The lowest BCUT2D eigenvalue weighted by Gasteiger charge is -2.36. The Morgan fingerprint density at radius 3 is 2.40 bits per heavy atom. The molecule has 1 amide bonds. The van der Waals surface area contributed by atoms with E-state index in [0.717, 1.165) is 12.8 Å². The number of phenolic OH excluding ortho intramolecular Hbond substituents is 1. The van der Waals surface area contributed by atoms with Crippen molar-refractivity contribution < 1.29 is 19.4 Å². The van der Waals surface area contributed by atoms with E-state index >= 15 is 0 Å². The Bertz CT molecular complexity index is 616. The van der Waals surface area contributed by atoms with E-state index in [1.165, 1.54) is 6.07 Å². The van der Waals surface area contributed by atoms with Gasteiger partial charge in [0.15, 0.2) is 0 Å². The molecule has 1 aliphatic heterocycles. The highest BCUT2D eigenvalue weighted by Gasteiger charge is 2.28. The number of piperidine rings is 1. The first-order valence-electron chi connectivity index (χ1n) is 8.67. The minimum absolute atomic E-state index is 0.0108. The van der Waals surface area contributed by atoms with Crippen molar-refractivity contribution in [1.82, 2.24) is 9.80 Å². The van der Waals surface area contributed by atoms with E-state index in [9.17, 15) is 14.7 Å². The molecule has 25 heavy (non-hydrogen) atoms. The molecule has 0 saturated carbocycles. The Morgan fingerprint density at radius 2 is 1.84 bits per heavy atom. The van der Waals surface area contributed by atoms with Gasteiger partial charge in [-0.1, -0.05) is 12.1 Å². The number of benzene rings is 1. The van der Waals surface area contributed by atoms with E-state index in [1.54, 1.807) is 23.1 Å². The van der Waals surface area contributed by atoms with E-state index in [-0.39, 0.29) is 30.2 Å². The molecule has 0 spiro atoms. The second-order valence-corrected chi connectivity index (χ2v) is 7.54. The van der Waals surface area contributed by atoms with Gasteiger partial charge < -0.3 is 14.7 Å². The number of hydrogen-bond donors (Lipinski definition) is 1. The second-order valence-electron chi connectivity index (χ2n) is 7.54. The van der Waals surface area contributed by atoms with Crippen LogP contribution < -0.4 is 0 Å². The van der Waals surface area contributed by atoms with Crippen LogP contribution in [0, 0.1) is 0 Å². The molecule has 0 radical (unpaired) electrons. The maximum absolute atomic E-state index is 12.5. The average Bonchev–Trinajstić information content (AvgIpc) is 2.53. The molecule has 0 atom stereocenters. The number of likely N-dealkylation sites (N-methyl/N-ethyl adjacent to an activating group) is 1. The summed E-state index contributed by atoms with van der Waals surface area (Å²) in [5.41, 5.74) is -0.145. The van der Waals surface area contributed by atoms with Crippen LogP contribution in [0.15, 0.2) is 24.3 Å². The molecule has 0 bridgehead atoms. The number of esters is 1. The quantitative estimate of drug-likeness (QED) is 0.845. The normalized spacial score (nSPS) is 16.1. The van der Waals surface area contributed by atoms with Crippen LogP contribution in [0.1, 0.15) is 44.0 Å². The number of nitrogens with zero attached hydrogens (tertiary/aromatic N) is 2. The van der Waals surface area contributed by atoms with E-state index in [4.69, 9.17) is 4.74 Å². The Labute approximate surface area is 149 Å². The third kappa shape index (κ3) is 5.46. The minimum atomic E-state index is -0.481. The summed E-state index contributed by atoms with van der Waals surface area (Å²) in [7, 11) is 1.91. The predicted molar refractivity (Wildman–Crippen MR) is 95.5 cm³/mol. The summed E-state index contributed by atoms with van der Waals surface area (Å²) in [6.07, 6.45) is 1.58. The van der Waals surface area contributed by atoms with Gasteiger partial charge in [0.2, 0.25) is 0 Å². The summed E-state index contributed by atoms with van der Waals surface area (Å²) in [6.45, 7) is 7.03. The fraction of sp³-hybridized carbons (Fsp3) is 0.579. The molecule has 1 saturated heterocycles. The Balaban J connectivity index is 1.86. The molecule has 2 rings (SSSR count). The maximum atomic E-state index is 12.5. The van der Waals surface area contributed by atoms with E-state index in [0.29, 0.717) is 18.7 Å². The van der Waals surface area contributed by atoms with Gasteiger partial charge in [0.1, 0.15) is 11.4 Å². The topological polar surface area (TPSA) is 70.1 Å². The molecule has 1 aliphatic rings. The van der Waals surface area contributed by atoms with Crippen LogP contribution in [0.3, 0.4) is 0 Å². The third-order valence-electron chi connectivity index (χ3n) is 4.31. The number of aromatic hydroxyl groups is 1. The molecule has 0 aromatic heterocycles. The number of ether oxygens (including phenoxy) is 1. The van der Waals surface area contributed by atoms with Gasteiger partial charge in [0.05, 0.1) is 12.1 Å². The predicted octanol–water partition coefficient (Wildman–Crippen LogP) is 2.27. The molecule has 0 aliphatic carbocycles. The number of carbonyl (C=O) groups excluding carboxylic acids is 2. The van der Waals surface area contributed by atoms with E-state index < -0.39 is 5.60 Å². The van der Waals surface area contributed by atoms with Crippen molar-refractivity contribution >= 4 is 11.9 Å². The highest BCUT2D eigenvalue weighted by Crippen LogP contribution is 2.22. The molecule has 1 aromatic carbocycles. The molecular weight excluding hydrogens is 320 g/mol. The summed E-state index contributed by atoms with van der Waals surface area (Å²) in [5, 5.41) is 9.84. The van der Waals surface area contributed by atoms with Gasteiger partial charge in [-0.15, -0.1) is 0 Å². The highest BCUT2D eigenvalue weighted by molar-refractivity contribution is 5.96. The Kier molecular flexibility index (Phi) is 6.06. The van der Waals surface area contributed by atoms with Crippen molar-refractivity contribution in [3.63, 3.8) is 0 Å². The number of hydrogen-bond acceptors (Lipinski definition) is 5. The third-order valence-corrected chi connectivity index (χ3v) is 4.31. The van der Waals surface area contributed by atoms with E-state index in [1.807, 2.05) is 32.7 Å². The lowest BCUT2D eigenvalue weighted by Crippen LogP contribution is -2.47. The first-order chi connectivity index (χ1) is 11.7. The number of para-hydroxylation sites is 1. The molecule has 1 N–H and O–H groups in total. The molecule has 0 unspecified atom stereocenters. The summed E-state index contributed by atoms with van der Waals surface area (Å²) in [4.78, 5) is 28.2. The summed E-state index contributed by atoms with van der Waals surface area (Å²) >= 11 is 0. The SMILES string of the molecule is CN(CC(=O)OC(C)(C)C)C1CCN(C(=O)c2ccccc2O)CC1. The zero-order valence-electron chi connectivity index (χ0n) is 15.5. The summed E-state index contributed by atoms with van der Waals surface area (Å²) < 4.78 is 5.36. The fourth-order valence-electron chi connectivity index (χ4n) is 3.04. The van der Waals surface area contributed by atoms with Crippen molar-refractivity contribution in [2.24, 2.45) is 0 Å². The molecule has 1 heterocycles. The maximum Gasteiger partial charge on any atom is 0.320 e. The second kappa shape index (κ2) is 7.87. The van der Waals surface area contributed by atoms with Crippen LogP contribution in [0.2, 0.25) is 0 Å². The number of rotatable bonds is 4. The van der Waals surface area contributed by atoms with Crippen LogP contribution >= 0.6 is 0 Å². The monoisotopic (exact) mass is 348 g/mol. The van der Waals surface area contributed by atoms with Crippen LogP contribution in [0.25, 0.3) is 0 Å². The highest BCUT2D eigenvalue weighted by atomic mass is 16.6. The lowest BCUT2D eigenvalue weighted by molar-refractivity contribution is -0.156. The van der Waals surface area contributed by atoms with Crippen LogP contribution in [-0.4, -0.2) is 65.1 Å². The number of amides is 1. The number of phenols is 1. The fourth-order valence-corrected chi connectivity index (χ4v) is 3.04. The van der Waals surface area contributed by atoms with Crippen LogP contribution in [0.5, 0.6) is 5.75 Å². The van der Waals surface area contributed by atoms with Crippen molar-refractivity contribution in [3.05, 3.63) is 29.8 Å². The van der Waals surface area contributed by atoms with Crippen molar-refractivity contribution in [2.45, 2.75) is 45.3 Å². The zero-order chi connectivity index (χ0) is 18.6. The summed E-state index contributed by atoms with van der Waals surface area (Å²) in [5.74, 6) is -0.370. The molecule has 6 heteroatoms. The molecule has 6 nitrogen and oxygen atoms in total. The van der Waals surface area contributed by atoms with Gasteiger partial charge in [0, 0.05) is 19.1 Å². The Hall–Kier alpha value is -2.08. The minimum Gasteiger partial charge on any atom is -0.507 e. The zero-order valence-corrected chi connectivity index (χ0v) is 15.5. The average molecular weight is 348 g/mol. The van der Waals surface area contributed by atoms with Gasteiger partial charge in [-0.25, -0.2) is 0 Å². The molecule has 1 fully saturated rings. The first kappa shape index (κ1) is 19.2. The standard InChI is InChI=1S/C19H28N2O4/c1-19(2,3)25-17(23)13-20(4)14-9-11-21(12-10-14)18(24)15-7-5-6-8-16(15)22/h5-8,14,22H,9-13H2,1-4H3. The first-order valence-corrected chi connectivity index (χ1v) is 8.67. The summed E-state index contributed by atoms with van der Waals surface area (Å²) in [6, 6.07) is 6.84. The number of carbonyl (C=O) groups is 2. The molecular formula is C19H28N2O4. The lowest BCUT2D eigenvalue weighted by atomic mass is 10.0.